The highest BCUT2D eigenvalue weighted by Crippen LogP contribution is 2.53. The number of carbonyl (C=O) groups is 1. The van der Waals surface area contributed by atoms with Crippen LogP contribution >= 0.6 is 0 Å². The number of nitrogens with zero attached hydrogens (tertiary/aromatic N) is 1. The Kier molecular flexibility index (Phi) is 2.18. The Morgan fingerprint density at radius 1 is 1.29 bits per heavy atom. The number of hydrogen-bond acceptors (Lipinski definition) is 3. The standard InChI is InChI=1S/C12H16N2O3/c15-10(16)14-12-4-1-11(2-5-12,3-6-12)9-7-13-8-17-9/h7-8,14H,1-6H2,(H,15,16). The third kappa shape index (κ3) is 1.61. The predicted molar refractivity (Wildman–Crippen MR) is 59.8 cm³/mol. The fourth-order valence-electron chi connectivity index (χ4n) is 3.45. The van der Waals surface area contributed by atoms with Gasteiger partial charge in [0.25, 0.3) is 0 Å². The Balaban J connectivity index is 1.80. The fourth-order valence-corrected chi connectivity index (χ4v) is 3.45. The van der Waals surface area contributed by atoms with Crippen LogP contribution in [0.15, 0.2) is 17.0 Å². The number of aromatic nitrogens is 1. The van der Waals surface area contributed by atoms with E-state index in [9.17, 15) is 4.79 Å². The summed E-state index contributed by atoms with van der Waals surface area (Å²) in [6.45, 7) is 0. The topological polar surface area (TPSA) is 75.4 Å². The van der Waals surface area contributed by atoms with Gasteiger partial charge in [-0.25, -0.2) is 9.78 Å². The summed E-state index contributed by atoms with van der Waals surface area (Å²) in [7, 11) is 0. The van der Waals surface area contributed by atoms with Crippen molar-refractivity contribution in [2.75, 3.05) is 0 Å². The van der Waals surface area contributed by atoms with Crippen molar-refractivity contribution >= 4 is 6.09 Å². The van der Waals surface area contributed by atoms with Gasteiger partial charge in [0.15, 0.2) is 6.39 Å². The average molecular weight is 236 g/mol. The van der Waals surface area contributed by atoms with E-state index in [4.69, 9.17) is 9.52 Å². The average Bonchev–Trinajstić information content (AvgIpc) is 2.84. The molecule has 0 unspecified atom stereocenters. The molecule has 1 aromatic heterocycles. The van der Waals surface area contributed by atoms with E-state index in [0.29, 0.717) is 0 Å². The zero-order chi connectivity index (χ0) is 11.9. The maximum Gasteiger partial charge on any atom is 0.405 e. The molecule has 2 N–H and O–H groups in total. The Morgan fingerprint density at radius 3 is 2.41 bits per heavy atom. The molecule has 0 radical (unpaired) electrons. The zero-order valence-electron chi connectivity index (χ0n) is 9.61. The summed E-state index contributed by atoms with van der Waals surface area (Å²) in [5, 5.41) is 11.6. The number of oxazole rings is 1. The number of rotatable bonds is 2. The minimum Gasteiger partial charge on any atom is -0.465 e. The summed E-state index contributed by atoms with van der Waals surface area (Å²) in [5.41, 5.74) is -0.0773. The van der Waals surface area contributed by atoms with E-state index < -0.39 is 6.09 Å². The van der Waals surface area contributed by atoms with Crippen LogP contribution in [0.3, 0.4) is 0 Å². The lowest BCUT2D eigenvalue weighted by molar-refractivity contribution is 0.0628. The van der Waals surface area contributed by atoms with Gasteiger partial charge in [-0.1, -0.05) is 0 Å². The summed E-state index contributed by atoms with van der Waals surface area (Å²) < 4.78 is 5.46. The van der Waals surface area contributed by atoms with Crippen LogP contribution in [0.1, 0.15) is 44.3 Å². The minimum absolute atomic E-state index is 0.110. The van der Waals surface area contributed by atoms with Crippen molar-refractivity contribution in [3.8, 4) is 0 Å². The Labute approximate surface area is 99.2 Å². The first-order chi connectivity index (χ1) is 8.14. The monoisotopic (exact) mass is 236 g/mol. The van der Waals surface area contributed by atoms with E-state index in [1.54, 1.807) is 0 Å². The summed E-state index contributed by atoms with van der Waals surface area (Å²) in [4.78, 5) is 14.8. The lowest BCUT2D eigenvalue weighted by Crippen LogP contribution is -2.57. The molecule has 0 saturated heterocycles. The number of carboxylic acid groups (broad SMARTS) is 1. The summed E-state index contributed by atoms with van der Waals surface area (Å²) >= 11 is 0. The molecule has 5 nitrogen and oxygen atoms in total. The van der Waals surface area contributed by atoms with E-state index in [0.717, 1.165) is 44.3 Å². The van der Waals surface area contributed by atoms with E-state index >= 15 is 0 Å². The Hall–Kier alpha value is -1.52. The molecule has 1 heterocycles. The molecule has 0 aliphatic heterocycles. The molecule has 3 aliphatic carbocycles. The largest absolute Gasteiger partial charge is 0.465 e. The van der Waals surface area contributed by atoms with Gasteiger partial charge in [0, 0.05) is 11.0 Å². The van der Waals surface area contributed by atoms with Crippen LogP contribution in [0, 0.1) is 0 Å². The Morgan fingerprint density at radius 2 is 1.94 bits per heavy atom. The van der Waals surface area contributed by atoms with Crippen molar-refractivity contribution in [3.05, 3.63) is 18.4 Å². The zero-order valence-corrected chi connectivity index (χ0v) is 9.61. The van der Waals surface area contributed by atoms with Crippen LogP contribution in [0.2, 0.25) is 0 Å². The minimum atomic E-state index is -0.904. The van der Waals surface area contributed by atoms with E-state index in [2.05, 4.69) is 10.3 Å². The van der Waals surface area contributed by atoms with Crippen LogP contribution in [-0.4, -0.2) is 21.7 Å². The molecule has 5 heteroatoms. The molecule has 17 heavy (non-hydrogen) atoms. The van der Waals surface area contributed by atoms with Gasteiger partial charge in [-0.15, -0.1) is 0 Å². The van der Waals surface area contributed by atoms with Gasteiger partial charge in [0.2, 0.25) is 0 Å². The third-order valence-electron chi connectivity index (χ3n) is 4.57. The fraction of sp³-hybridized carbons (Fsp3) is 0.667. The summed E-state index contributed by atoms with van der Waals surface area (Å²) in [6, 6.07) is 0. The highest BCUT2D eigenvalue weighted by atomic mass is 16.4. The van der Waals surface area contributed by atoms with Crippen molar-refractivity contribution in [1.82, 2.24) is 10.3 Å². The molecule has 1 amide bonds. The van der Waals surface area contributed by atoms with Crippen LogP contribution in [0.25, 0.3) is 0 Å². The molecule has 0 aromatic carbocycles. The maximum atomic E-state index is 10.8. The summed E-state index contributed by atoms with van der Waals surface area (Å²) in [5.74, 6) is 0.973. The second kappa shape index (κ2) is 3.48. The molecule has 0 spiro atoms. The smallest absolute Gasteiger partial charge is 0.405 e. The first-order valence-electron chi connectivity index (χ1n) is 6.04. The summed E-state index contributed by atoms with van der Waals surface area (Å²) in [6.07, 6.45) is 8.06. The SMILES string of the molecule is O=C(O)NC12CCC(c3cnco3)(CC1)CC2. The molecule has 2 bridgehead atoms. The highest BCUT2D eigenvalue weighted by molar-refractivity contribution is 5.65. The quantitative estimate of drug-likeness (QED) is 0.826. The van der Waals surface area contributed by atoms with Gasteiger partial charge in [0.1, 0.15) is 5.76 Å². The molecule has 3 saturated carbocycles. The third-order valence-corrected chi connectivity index (χ3v) is 4.57. The van der Waals surface area contributed by atoms with Crippen LogP contribution in [0.4, 0.5) is 4.79 Å². The highest BCUT2D eigenvalue weighted by Gasteiger charge is 2.51. The number of nitrogens with one attached hydrogen (secondary N) is 1. The predicted octanol–water partition coefficient (Wildman–Crippen LogP) is 2.29. The lowest BCUT2D eigenvalue weighted by atomic mass is 9.56. The van der Waals surface area contributed by atoms with Gasteiger partial charge >= 0.3 is 6.09 Å². The second-order valence-corrected chi connectivity index (χ2v) is 5.36. The van der Waals surface area contributed by atoms with Gasteiger partial charge in [-0.05, 0) is 38.5 Å². The first kappa shape index (κ1) is 10.6. The molecule has 1 aromatic rings. The van der Waals surface area contributed by atoms with Crippen LogP contribution < -0.4 is 5.32 Å². The lowest BCUT2D eigenvalue weighted by Gasteiger charge is -2.52. The van der Waals surface area contributed by atoms with Gasteiger partial charge in [-0.2, -0.15) is 0 Å². The van der Waals surface area contributed by atoms with Crippen molar-refractivity contribution in [3.63, 3.8) is 0 Å². The van der Waals surface area contributed by atoms with Crippen molar-refractivity contribution in [2.24, 2.45) is 0 Å². The van der Waals surface area contributed by atoms with Crippen LogP contribution in [-0.2, 0) is 5.41 Å². The first-order valence-corrected chi connectivity index (χ1v) is 6.04. The molecular weight excluding hydrogens is 220 g/mol. The molecule has 3 aliphatic rings. The molecule has 0 atom stereocenters. The van der Waals surface area contributed by atoms with Crippen molar-refractivity contribution < 1.29 is 14.3 Å². The van der Waals surface area contributed by atoms with Gasteiger partial charge in [0.05, 0.1) is 6.20 Å². The maximum absolute atomic E-state index is 10.8. The molecule has 92 valence electrons. The van der Waals surface area contributed by atoms with Gasteiger partial charge in [-0.3, -0.25) is 0 Å². The van der Waals surface area contributed by atoms with Crippen molar-refractivity contribution in [1.29, 1.82) is 0 Å². The van der Waals surface area contributed by atoms with Crippen LogP contribution in [0.5, 0.6) is 0 Å². The Bertz CT molecular complexity index is 402. The number of fused-ring (bicyclic) bond motifs is 3. The van der Waals surface area contributed by atoms with Gasteiger partial charge < -0.3 is 14.8 Å². The number of hydrogen-bond donors (Lipinski definition) is 2. The van der Waals surface area contributed by atoms with Crippen molar-refractivity contribution in [2.45, 2.75) is 49.5 Å². The van der Waals surface area contributed by atoms with E-state index in [1.165, 1.54) is 6.39 Å². The number of amides is 1. The molecule has 4 rings (SSSR count). The molecular formula is C12H16N2O3. The normalized spacial score (nSPS) is 35.8. The second-order valence-electron chi connectivity index (χ2n) is 5.36. The molecule has 3 fully saturated rings. The van der Waals surface area contributed by atoms with E-state index in [1.807, 2.05) is 6.20 Å². The van der Waals surface area contributed by atoms with E-state index in [-0.39, 0.29) is 11.0 Å².